The average molecular weight is 627 g/mol. The lowest BCUT2D eigenvalue weighted by Crippen LogP contribution is -2.52. The SMILES string of the molecule is CCCCNC(=O)[C@@H](Cc1ccccc1)N(Cc1c(Cl)cccc1Cl)C(=O)COc1ccc(Cl)cc1Br. The van der Waals surface area contributed by atoms with Crippen molar-refractivity contribution < 1.29 is 14.3 Å². The Morgan fingerprint density at radius 3 is 2.35 bits per heavy atom. The van der Waals surface area contributed by atoms with Crippen LogP contribution in [0.25, 0.3) is 0 Å². The standard InChI is InChI=1S/C28H28BrCl3N2O3/c1-2-3-14-33-28(36)25(15-19-8-5-4-6-9-19)34(17-21-23(31)10-7-11-24(21)32)27(35)18-37-26-13-12-20(30)16-22(26)29/h4-13,16,25H,2-3,14-15,17-18H2,1H3,(H,33,36)/t25-/m1/s1. The quantitative estimate of drug-likeness (QED) is 0.214. The van der Waals surface area contributed by atoms with Gasteiger partial charge in [0, 0.05) is 40.1 Å². The van der Waals surface area contributed by atoms with E-state index in [2.05, 4.69) is 28.2 Å². The minimum Gasteiger partial charge on any atom is -0.483 e. The maximum Gasteiger partial charge on any atom is 0.261 e. The number of amides is 2. The predicted molar refractivity (Wildman–Crippen MR) is 154 cm³/mol. The molecule has 0 spiro atoms. The smallest absolute Gasteiger partial charge is 0.261 e. The van der Waals surface area contributed by atoms with E-state index < -0.39 is 6.04 Å². The first-order chi connectivity index (χ1) is 17.8. The molecule has 0 aliphatic carbocycles. The van der Waals surface area contributed by atoms with Gasteiger partial charge in [0.05, 0.1) is 4.47 Å². The van der Waals surface area contributed by atoms with Gasteiger partial charge in [-0.25, -0.2) is 0 Å². The molecule has 37 heavy (non-hydrogen) atoms. The van der Waals surface area contributed by atoms with Gasteiger partial charge in [-0.1, -0.05) is 84.5 Å². The van der Waals surface area contributed by atoms with Gasteiger partial charge in [0.1, 0.15) is 11.8 Å². The lowest BCUT2D eigenvalue weighted by atomic mass is 10.0. The third-order valence-electron chi connectivity index (χ3n) is 5.74. The largest absolute Gasteiger partial charge is 0.483 e. The fourth-order valence-corrected chi connectivity index (χ4v) is 5.04. The van der Waals surface area contributed by atoms with E-state index in [9.17, 15) is 9.59 Å². The normalized spacial score (nSPS) is 11.6. The number of carbonyl (C=O) groups is 2. The van der Waals surface area contributed by atoms with Crippen molar-refractivity contribution in [3.63, 3.8) is 0 Å². The Kier molecular flexibility index (Phi) is 11.6. The van der Waals surface area contributed by atoms with Gasteiger partial charge >= 0.3 is 0 Å². The number of hydrogen-bond donors (Lipinski definition) is 1. The molecule has 0 heterocycles. The summed E-state index contributed by atoms with van der Waals surface area (Å²) in [6.45, 7) is 2.32. The summed E-state index contributed by atoms with van der Waals surface area (Å²) in [7, 11) is 0. The van der Waals surface area contributed by atoms with E-state index in [0.29, 0.717) is 43.8 Å². The highest BCUT2D eigenvalue weighted by atomic mass is 79.9. The Bertz CT molecular complexity index is 1190. The minimum absolute atomic E-state index is 0.0428. The van der Waals surface area contributed by atoms with Gasteiger partial charge in [0.25, 0.3) is 5.91 Å². The molecular weight excluding hydrogens is 599 g/mol. The molecule has 9 heteroatoms. The van der Waals surface area contributed by atoms with Crippen LogP contribution in [-0.4, -0.2) is 35.9 Å². The molecule has 3 aromatic carbocycles. The van der Waals surface area contributed by atoms with Crippen molar-refractivity contribution in [2.45, 2.75) is 38.8 Å². The van der Waals surface area contributed by atoms with Crippen molar-refractivity contribution in [1.82, 2.24) is 10.2 Å². The Hall–Kier alpha value is -2.25. The first-order valence-electron chi connectivity index (χ1n) is 11.9. The van der Waals surface area contributed by atoms with Crippen LogP contribution < -0.4 is 10.1 Å². The molecule has 0 saturated carbocycles. The molecule has 0 bridgehead atoms. The van der Waals surface area contributed by atoms with Crippen LogP contribution in [0.5, 0.6) is 5.75 Å². The number of benzene rings is 3. The molecule has 0 radical (unpaired) electrons. The van der Waals surface area contributed by atoms with E-state index in [1.807, 2.05) is 30.3 Å². The molecule has 0 unspecified atom stereocenters. The highest BCUT2D eigenvalue weighted by Crippen LogP contribution is 2.29. The summed E-state index contributed by atoms with van der Waals surface area (Å²) >= 11 is 22.4. The minimum atomic E-state index is -0.809. The van der Waals surface area contributed by atoms with Gasteiger partial charge in [0.2, 0.25) is 5.91 Å². The molecule has 0 fully saturated rings. The maximum atomic E-state index is 13.7. The molecule has 2 amide bonds. The van der Waals surface area contributed by atoms with E-state index in [-0.39, 0.29) is 25.0 Å². The van der Waals surface area contributed by atoms with Gasteiger partial charge in [-0.15, -0.1) is 0 Å². The molecule has 0 aliphatic heterocycles. The summed E-state index contributed by atoms with van der Waals surface area (Å²) in [6.07, 6.45) is 2.09. The van der Waals surface area contributed by atoms with Gasteiger partial charge in [-0.3, -0.25) is 9.59 Å². The molecule has 1 atom stereocenters. The number of unbranched alkanes of at least 4 members (excludes halogenated alkanes) is 1. The van der Waals surface area contributed by atoms with Crippen molar-refractivity contribution >= 4 is 62.5 Å². The van der Waals surface area contributed by atoms with Crippen LogP contribution in [0.3, 0.4) is 0 Å². The fraction of sp³-hybridized carbons (Fsp3) is 0.286. The van der Waals surface area contributed by atoms with Crippen LogP contribution in [0, 0.1) is 0 Å². The van der Waals surface area contributed by atoms with Gasteiger partial charge in [-0.2, -0.15) is 0 Å². The first kappa shape index (κ1) is 29.3. The molecular formula is C28H28BrCl3N2O3. The second-order valence-electron chi connectivity index (χ2n) is 8.44. The van der Waals surface area contributed by atoms with Crippen molar-refractivity contribution in [2.75, 3.05) is 13.2 Å². The number of nitrogens with one attached hydrogen (secondary N) is 1. The van der Waals surface area contributed by atoms with Crippen LogP contribution >= 0.6 is 50.7 Å². The van der Waals surface area contributed by atoms with Gasteiger partial charge in [-0.05, 0) is 58.2 Å². The zero-order chi connectivity index (χ0) is 26.8. The molecule has 0 aromatic heterocycles. The second-order valence-corrected chi connectivity index (χ2v) is 10.5. The zero-order valence-electron chi connectivity index (χ0n) is 20.4. The highest BCUT2D eigenvalue weighted by molar-refractivity contribution is 9.10. The Labute approximate surface area is 241 Å². The van der Waals surface area contributed by atoms with Crippen molar-refractivity contribution in [2.24, 2.45) is 0 Å². The molecule has 1 N–H and O–H groups in total. The lowest BCUT2D eigenvalue weighted by molar-refractivity contribution is -0.142. The van der Waals surface area contributed by atoms with E-state index in [0.717, 1.165) is 18.4 Å². The van der Waals surface area contributed by atoms with Crippen molar-refractivity contribution in [3.8, 4) is 5.75 Å². The molecule has 196 valence electrons. The van der Waals surface area contributed by atoms with Crippen LogP contribution in [0.4, 0.5) is 0 Å². The number of halogens is 4. The summed E-state index contributed by atoms with van der Waals surface area (Å²) in [6, 6.07) is 18.9. The number of ether oxygens (including phenoxy) is 1. The van der Waals surface area contributed by atoms with Gasteiger partial charge in [0.15, 0.2) is 6.61 Å². The number of hydrogen-bond acceptors (Lipinski definition) is 3. The number of nitrogens with zero attached hydrogens (tertiary/aromatic N) is 1. The molecule has 5 nitrogen and oxygen atoms in total. The van der Waals surface area contributed by atoms with Crippen LogP contribution in [0.2, 0.25) is 15.1 Å². The van der Waals surface area contributed by atoms with E-state index >= 15 is 0 Å². The van der Waals surface area contributed by atoms with Crippen LogP contribution in [0.1, 0.15) is 30.9 Å². The summed E-state index contributed by atoms with van der Waals surface area (Å²) in [4.78, 5) is 28.6. The molecule has 0 saturated heterocycles. The first-order valence-corrected chi connectivity index (χ1v) is 13.8. The predicted octanol–water partition coefficient (Wildman–Crippen LogP) is 7.34. The topological polar surface area (TPSA) is 58.6 Å². The molecule has 3 aromatic rings. The number of rotatable bonds is 12. The van der Waals surface area contributed by atoms with E-state index in [1.54, 1.807) is 36.4 Å². The Balaban J connectivity index is 1.94. The average Bonchev–Trinajstić information content (AvgIpc) is 2.87. The maximum absolute atomic E-state index is 13.7. The number of carbonyl (C=O) groups excluding carboxylic acids is 2. The summed E-state index contributed by atoms with van der Waals surface area (Å²) in [5.74, 6) is -0.175. The Morgan fingerprint density at radius 1 is 1.00 bits per heavy atom. The van der Waals surface area contributed by atoms with E-state index in [4.69, 9.17) is 39.5 Å². The van der Waals surface area contributed by atoms with Crippen molar-refractivity contribution in [3.05, 3.63) is 97.4 Å². The zero-order valence-corrected chi connectivity index (χ0v) is 24.2. The molecule has 0 aliphatic rings. The van der Waals surface area contributed by atoms with Crippen molar-refractivity contribution in [1.29, 1.82) is 0 Å². The lowest BCUT2D eigenvalue weighted by Gasteiger charge is -2.32. The van der Waals surface area contributed by atoms with Crippen LogP contribution in [0.15, 0.2) is 71.2 Å². The third-order valence-corrected chi connectivity index (χ3v) is 7.30. The molecule has 3 rings (SSSR count). The summed E-state index contributed by atoms with van der Waals surface area (Å²) in [5.41, 5.74) is 1.48. The Morgan fingerprint density at radius 2 is 1.70 bits per heavy atom. The second kappa shape index (κ2) is 14.6. The van der Waals surface area contributed by atoms with E-state index in [1.165, 1.54) is 4.90 Å². The summed E-state index contributed by atoms with van der Waals surface area (Å²) < 4.78 is 6.43. The van der Waals surface area contributed by atoms with Crippen LogP contribution in [-0.2, 0) is 22.6 Å². The fourth-order valence-electron chi connectivity index (χ4n) is 3.73. The summed E-state index contributed by atoms with van der Waals surface area (Å²) in [5, 5.41) is 4.34. The van der Waals surface area contributed by atoms with Gasteiger partial charge < -0.3 is 15.0 Å². The highest BCUT2D eigenvalue weighted by Gasteiger charge is 2.31. The monoisotopic (exact) mass is 624 g/mol. The third kappa shape index (κ3) is 8.64.